The first-order valence-electron chi connectivity index (χ1n) is 13.0. The zero-order valence-corrected chi connectivity index (χ0v) is 21.1. The molecule has 0 atom stereocenters. The van der Waals surface area contributed by atoms with Crippen LogP contribution >= 0.6 is 0 Å². The second-order valence-corrected chi connectivity index (χ2v) is 13.9. The minimum Gasteiger partial charge on any atom is -0.385 e. The van der Waals surface area contributed by atoms with Crippen LogP contribution in [0, 0.1) is 23.6 Å². The van der Waals surface area contributed by atoms with Crippen molar-refractivity contribution in [3.63, 3.8) is 0 Å². The second-order valence-electron chi connectivity index (χ2n) is 10.4. The van der Waals surface area contributed by atoms with Gasteiger partial charge in [-0.1, -0.05) is 80.2 Å². The van der Waals surface area contributed by atoms with Crippen LogP contribution in [0.15, 0.2) is 48.5 Å². The van der Waals surface area contributed by atoms with E-state index in [0.29, 0.717) is 0 Å². The van der Waals surface area contributed by atoms with Gasteiger partial charge in [0.2, 0.25) is 0 Å². The standard InChI is InChI=1S/C29H41FOSi/c1-31-19-2-20-32-21-17-28(18-22-32)26-11-7-24(8-12-26)4-3-23-5-9-25(10-6-23)27-13-15-29(30)16-14-27/h5-6,9-10,13-16,24,26,28,32H,2-4,7-8,11-12,17-22H2,1H3. The molecule has 0 unspecified atom stereocenters. The van der Waals surface area contributed by atoms with Gasteiger partial charge < -0.3 is 4.74 Å². The van der Waals surface area contributed by atoms with E-state index < -0.39 is 8.80 Å². The Labute approximate surface area is 196 Å². The molecule has 0 radical (unpaired) electrons. The Morgan fingerprint density at radius 2 is 1.41 bits per heavy atom. The molecule has 1 heterocycles. The zero-order valence-electron chi connectivity index (χ0n) is 19.9. The van der Waals surface area contributed by atoms with E-state index >= 15 is 0 Å². The van der Waals surface area contributed by atoms with Crippen LogP contribution in [0.3, 0.4) is 0 Å². The van der Waals surface area contributed by atoms with Crippen molar-refractivity contribution in [3.05, 3.63) is 59.9 Å². The lowest BCUT2D eigenvalue weighted by molar-refractivity contribution is 0.185. The number of methoxy groups -OCH3 is 1. The summed E-state index contributed by atoms with van der Waals surface area (Å²) in [6.45, 7) is 0.968. The average Bonchev–Trinajstić information content (AvgIpc) is 2.85. The predicted molar refractivity (Wildman–Crippen MR) is 136 cm³/mol. The lowest BCUT2D eigenvalue weighted by atomic mass is 9.73. The number of ether oxygens (including phenoxy) is 1. The van der Waals surface area contributed by atoms with E-state index in [9.17, 15) is 4.39 Å². The third-order valence-electron chi connectivity index (χ3n) is 8.38. The number of benzene rings is 2. The molecule has 1 aliphatic heterocycles. The van der Waals surface area contributed by atoms with Crippen LogP contribution in [0.25, 0.3) is 11.1 Å². The van der Waals surface area contributed by atoms with Crippen LogP contribution < -0.4 is 0 Å². The monoisotopic (exact) mass is 452 g/mol. The van der Waals surface area contributed by atoms with Gasteiger partial charge >= 0.3 is 0 Å². The maximum atomic E-state index is 13.1. The molecule has 4 rings (SSSR count). The van der Waals surface area contributed by atoms with Gasteiger partial charge in [0.15, 0.2) is 0 Å². The Morgan fingerprint density at radius 3 is 2.03 bits per heavy atom. The zero-order chi connectivity index (χ0) is 22.2. The van der Waals surface area contributed by atoms with Crippen molar-refractivity contribution in [2.75, 3.05) is 13.7 Å². The van der Waals surface area contributed by atoms with E-state index in [-0.39, 0.29) is 5.82 Å². The van der Waals surface area contributed by atoms with Crippen LogP contribution in [0.4, 0.5) is 4.39 Å². The lowest BCUT2D eigenvalue weighted by Crippen LogP contribution is -2.28. The maximum absolute atomic E-state index is 13.1. The van der Waals surface area contributed by atoms with Gasteiger partial charge in [-0.15, -0.1) is 0 Å². The molecular weight excluding hydrogens is 411 g/mol. The Morgan fingerprint density at radius 1 is 0.812 bits per heavy atom. The minimum atomic E-state index is -0.432. The summed E-state index contributed by atoms with van der Waals surface area (Å²) < 4.78 is 18.4. The van der Waals surface area contributed by atoms with Crippen molar-refractivity contribution >= 4 is 8.80 Å². The largest absolute Gasteiger partial charge is 0.385 e. The summed E-state index contributed by atoms with van der Waals surface area (Å²) >= 11 is 0. The fourth-order valence-corrected chi connectivity index (χ4v) is 9.70. The highest BCUT2D eigenvalue weighted by molar-refractivity contribution is 6.58. The van der Waals surface area contributed by atoms with Gasteiger partial charge in [-0.25, -0.2) is 4.39 Å². The van der Waals surface area contributed by atoms with Crippen LogP contribution in [0.1, 0.15) is 56.9 Å². The average molecular weight is 453 g/mol. The lowest BCUT2D eigenvalue weighted by Gasteiger charge is -2.37. The first kappa shape index (κ1) is 23.7. The van der Waals surface area contributed by atoms with Crippen LogP contribution in [0.5, 0.6) is 0 Å². The first-order chi connectivity index (χ1) is 15.7. The molecule has 0 spiro atoms. The van der Waals surface area contributed by atoms with Gasteiger partial charge in [0, 0.05) is 22.5 Å². The SMILES string of the molecule is COCCC[SiH]1CCC(C2CCC(CCc3ccc(-c4ccc(F)cc4)cc3)CC2)CC1. The Bertz CT molecular complexity index is 787. The molecule has 2 aromatic carbocycles. The summed E-state index contributed by atoms with van der Waals surface area (Å²) in [5.41, 5.74) is 3.70. The van der Waals surface area contributed by atoms with Crippen molar-refractivity contribution in [1.82, 2.24) is 0 Å². The molecule has 1 saturated carbocycles. The van der Waals surface area contributed by atoms with E-state index in [1.54, 1.807) is 24.9 Å². The molecule has 1 saturated heterocycles. The molecule has 0 aromatic heterocycles. The van der Waals surface area contributed by atoms with Gasteiger partial charge in [-0.2, -0.15) is 0 Å². The smallest absolute Gasteiger partial charge is 0.123 e. The van der Waals surface area contributed by atoms with E-state index in [0.717, 1.165) is 29.9 Å². The Balaban J connectivity index is 1.15. The van der Waals surface area contributed by atoms with E-state index in [4.69, 9.17) is 4.74 Å². The van der Waals surface area contributed by atoms with Gasteiger partial charge in [0.1, 0.15) is 5.82 Å². The maximum Gasteiger partial charge on any atom is 0.123 e. The molecule has 1 aliphatic carbocycles. The van der Waals surface area contributed by atoms with E-state index in [1.165, 1.54) is 74.2 Å². The molecule has 2 fully saturated rings. The highest BCUT2D eigenvalue weighted by atomic mass is 28.3. The second kappa shape index (κ2) is 12.1. The highest BCUT2D eigenvalue weighted by Gasteiger charge is 2.31. The molecule has 2 aliphatic rings. The molecule has 0 bridgehead atoms. The fraction of sp³-hybridized carbons (Fsp3) is 0.586. The van der Waals surface area contributed by atoms with Crippen LogP contribution in [-0.2, 0) is 11.2 Å². The van der Waals surface area contributed by atoms with E-state index in [2.05, 4.69) is 24.3 Å². The summed E-state index contributed by atoms with van der Waals surface area (Å²) in [5, 5.41) is 0. The van der Waals surface area contributed by atoms with Gasteiger partial charge in [-0.05, 0) is 78.7 Å². The summed E-state index contributed by atoms with van der Waals surface area (Å²) in [7, 11) is 1.40. The molecular formula is C29H41FOSi. The number of rotatable bonds is 9. The normalized spacial score (nSPS) is 26.2. The minimum absolute atomic E-state index is 0.174. The number of hydrogen-bond acceptors (Lipinski definition) is 1. The number of hydrogen-bond donors (Lipinski definition) is 0. The number of aryl methyl sites for hydroxylation is 1. The molecule has 0 N–H and O–H groups in total. The summed E-state index contributed by atoms with van der Waals surface area (Å²) in [4.78, 5) is 0. The van der Waals surface area contributed by atoms with Crippen molar-refractivity contribution in [2.45, 2.75) is 75.9 Å². The molecule has 32 heavy (non-hydrogen) atoms. The van der Waals surface area contributed by atoms with Crippen molar-refractivity contribution in [1.29, 1.82) is 0 Å². The Hall–Kier alpha value is -1.45. The summed E-state index contributed by atoms with van der Waals surface area (Å²) in [5.74, 6) is 2.81. The van der Waals surface area contributed by atoms with Crippen molar-refractivity contribution in [3.8, 4) is 11.1 Å². The molecule has 3 heteroatoms. The van der Waals surface area contributed by atoms with Crippen molar-refractivity contribution in [2.24, 2.45) is 17.8 Å². The fourth-order valence-electron chi connectivity index (χ4n) is 6.29. The topological polar surface area (TPSA) is 9.23 Å². The highest BCUT2D eigenvalue weighted by Crippen LogP contribution is 2.41. The molecule has 174 valence electrons. The van der Waals surface area contributed by atoms with Crippen LogP contribution in [-0.4, -0.2) is 22.5 Å². The predicted octanol–water partition coefficient (Wildman–Crippen LogP) is 7.91. The third kappa shape index (κ3) is 6.77. The molecule has 1 nitrogen and oxygen atoms in total. The Kier molecular flexibility index (Phi) is 8.99. The van der Waals surface area contributed by atoms with Gasteiger partial charge in [0.05, 0.1) is 0 Å². The molecule has 0 amide bonds. The van der Waals surface area contributed by atoms with E-state index in [1.807, 2.05) is 19.2 Å². The van der Waals surface area contributed by atoms with Crippen LogP contribution in [0.2, 0.25) is 18.1 Å². The third-order valence-corrected chi connectivity index (χ3v) is 11.9. The van der Waals surface area contributed by atoms with Crippen molar-refractivity contribution < 1.29 is 9.13 Å². The number of halogens is 1. The first-order valence-corrected chi connectivity index (χ1v) is 15.5. The van der Waals surface area contributed by atoms with Gasteiger partial charge in [0.25, 0.3) is 0 Å². The molecule has 2 aromatic rings. The summed E-state index contributed by atoms with van der Waals surface area (Å²) in [6, 6.07) is 20.4. The quantitative estimate of drug-likeness (QED) is 0.277. The van der Waals surface area contributed by atoms with Gasteiger partial charge in [-0.3, -0.25) is 0 Å². The summed E-state index contributed by atoms with van der Waals surface area (Å²) in [6.07, 6.45) is 12.8.